The molecule has 6 nitrogen and oxygen atoms in total. The molecule has 1 aliphatic carbocycles. The number of aromatic nitrogens is 1. The molecule has 1 atom stereocenters. The van der Waals surface area contributed by atoms with Crippen LogP contribution in [0.5, 0.6) is 0 Å². The van der Waals surface area contributed by atoms with Crippen LogP contribution in [0.2, 0.25) is 0 Å². The monoisotopic (exact) mass is 449 g/mol. The van der Waals surface area contributed by atoms with Crippen LogP contribution in [-0.2, 0) is 27.7 Å². The number of carbonyl (C=O) groups is 1. The van der Waals surface area contributed by atoms with Crippen LogP contribution in [0.3, 0.4) is 0 Å². The Morgan fingerprint density at radius 2 is 1.69 bits per heavy atom. The number of hydrogen-bond acceptors (Lipinski definition) is 4. The number of amides is 1. The summed E-state index contributed by atoms with van der Waals surface area (Å²) in [6, 6.07) is 20.1. The highest BCUT2D eigenvalue weighted by Crippen LogP contribution is 2.24. The predicted octanol–water partition coefficient (Wildman–Crippen LogP) is 3.53. The first-order valence-corrected chi connectivity index (χ1v) is 12.4. The average molecular weight is 450 g/mol. The van der Waals surface area contributed by atoms with Crippen molar-refractivity contribution in [2.75, 3.05) is 6.54 Å². The Bertz CT molecular complexity index is 1130. The van der Waals surface area contributed by atoms with E-state index in [9.17, 15) is 13.2 Å². The molecule has 0 fully saturated rings. The van der Waals surface area contributed by atoms with E-state index in [-0.39, 0.29) is 23.8 Å². The number of sulfonamides is 1. The highest BCUT2D eigenvalue weighted by atomic mass is 32.2. The average Bonchev–Trinajstić information content (AvgIpc) is 2.83. The van der Waals surface area contributed by atoms with Gasteiger partial charge < -0.3 is 5.32 Å². The Balaban J connectivity index is 1.38. The number of nitrogens with zero attached hydrogens (tertiary/aromatic N) is 1. The minimum Gasteiger partial charge on any atom is -0.344 e. The summed E-state index contributed by atoms with van der Waals surface area (Å²) in [4.78, 5) is 17.3. The maximum atomic E-state index is 12.7. The maximum Gasteiger partial charge on any atom is 0.240 e. The smallest absolute Gasteiger partial charge is 0.240 e. The van der Waals surface area contributed by atoms with E-state index in [2.05, 4.69) is 15.0 Å². The standard InChI is InChI=1S/C25H27N3O3S/c29-24(28-25(20-9-2-1-3-10-20)23-12-6-7-16-26-23)15-17-27-32(30,31)22-14-13-19-8-4-5-11-21(19)18-22/h1-3,6-7,9-10,12-14,16,18,25,27H,4-5,8,11,15,17H2,(H,28,29). The van der Waals surface area contributed by atoms with Gasteiger partial charge in [0, 0.05) is 19.2 Å². The van der Waals surface area contributed by atoms with Crippen LogP contribution in [-0.4, -0.2) is 25.9 Å². The van der Waals surface area contributed by atoms with Crippen LogP contribution in [0.1, 0.15) is 47.7 Å². The molecule has 0 saturated heterocycles. The molecule has 1 unspecified atom stereocenters. The second-order valence-electron chi connectivity index (χ2n) is 7.95. The minimum absolute atomic E-state index is 0.0228. The van der Waals surface area contributed by atoms with Gasteiger partial charge in [-0.2, -0.15) is 0 Å². The highest BCUT2D eigenvalue weighted by Gasteiger charge is 2.20. The van der Waals surface area contributed by atoms with Gasteiger partial charge in [-0.25, -0.2) is 13.1 Å². The molecule has 0 aliphatic heterocycles. The third kappa shape index (κ3) is 5.41. The lowest BCUT2D eigenvalue weighted by molar-refractivity contribution is -0.121. The lowest BCUT2D eigenvalue weighted by atomic mass is 9.92. The van der Waals surface area contributed by atoms with Crippen molar-refractivity contribution in [1.29, 1.82) is 0 Å². The molecule has 2 aromatic carbocycles. The zero-order valence-corrected chi connectivity index (χ0v) is 18.6. The molecule has 1 amide bonds. The predicted molar refractivity (Wildman–Crippen MR) is 124 cm³/mol. The minimum atomic E-state index is -3.66. The van der Waals surface area contributed by atoms with E-state index in [1.54, 1.807) is 18.3 Å². The van der Waals surface area contributed by atoms with E-state index in [1.807, 2.05) is 54.6 Å². The molecule has 2 N–H and O–H groups in total. The molecule has 32 heavy (non-hydrogen) atoms. The molecule has 1 heterocycles. The van der Waals surface area contributed by atoms with E-state index >= 15 is 0 Å². The van der Waals surface area contributed by atoms with Crippen molar-refractivity contribution in [2.24, 2.45) is 0 Å². The van der Waals surface area contributed by atoms with Gasteiger partial charge in [-0.15, -0.1) is 0 Å². The summed E-state index contributed by atoms with van der Waals surface area (Å²) in [6.45, 7) is 0.0228. The van der Waals surface area contributed by atoms with Gasteiger partial charge in [-0.3, -0.25) is 9.78 Å². The van der Waals surface area contributed by atoms with Crippen molar-refractivity contribution in [3.8, 4) is 0 Å². The number of carbonyl (C=O) groups excluding carboxylic acids is 1. The van der Waals surface area contributed by atoms with Crippen LogP contribution in [0.25, 0.3) is 0 Å². The van der Waals surface area contributed by atoms with Crippen LogP contribution < -0.4 is 10.0 Å². The number of rotatable bonds is 8. The van der Waals surface area contributed by atoms with Gasteiger partial charge in [0.25, 0.3) is 0 Å². The van der Waals surface area contributed by atoms with E-state index < -0.39 is 16.1 Å². The Morgan fingerprint density at radius 1 is 0.938 bits per heavy atom. The van der Waals surface area contributed by atoms with Crippen LogP contribution in [0.15, 0.2) is 77.8 Å². The van der Waals surface area contributed by atoms with Crippen molar-refractivity contribution >= 4 is 15.9 Å². The molecular weight excluding hydrogens is 422 g/mol. The molecule has 4 rings (SSSR count). The van der Waals surface area contributed by atoms with Crippen LogP contribution in [0, 0.1) is 0 Å². The quantitative estimate of drug-likeness (QED) is 0.551. The third-order valence-corrected chi connectivity index (χ3v) is 7.15. The largest absolute Gasteiger partial charge is 0.344 e. The first-order valence-electron chi connectivity index (χ1n) is 10.9. The molecule has 0 saturated carbocycles. The lowest BCUT2D eigenvalue weighted by Gasteiger charge is -2.19. The fourth-order valence-corrected chi connectivity index (χ4v) is 5.09. The SMILES string of the molecule is O=C(CCNS(=O)(=O)c1ccc2c(c1)CCCC2)NC(c1ccccc1)c1ccccn1. The first kappa shape index (κ1) is 22.2. The fraction of sp³-hybridized carbons (Fsp3) is 0.280. The molecule has 0 bridgehead atoms. The summed E-state index contributed by atoms with van der Waals surface area (Å²) in [6.07, 6.45) is 5.86. The Morgan fingerprint density at radius 3 is 2.44 bits per heavy atom. The summed E-state index contributed by atoms with van der Waals surface area (Å²) in [5, 5.41) is 2.98. The molecule has 1 aliphatic rings. The van der Waals surface area contributed by atoms with Gasteiger partial charge in [0.15, 0.2) is 0 Å². The molecule has 1 aromatic heterocycles. The van der Waals surface area contributed by atoms with Crippen molar-refractivity contribution in [3.05, 3.63) is 95.3 Å². The van der Waals surface area contributed by atoms with Gasteiger partial charge >= 0.3 is 0 Å². The van der Waals surface area contributed by atoms with Gasteiger partial charge in [0.1, 0.15) is 0 Å². The second-order valence-corrected chi connectivity index (χ2v) is 9.72. The Kier molecular flexibility index (Phi) is 6.97. The lowest BCUT2D eigenvalue weighted by Crippen LogP contribution is -2.33. The normalized spacial score (nSPS) is 14.4. The topological polar surface area (TPSA) is 88.2 Å². The number of fused-ring (bicyclic) bond motifs is 1. The second kappa shape index (κ2) is 10.1. The first-order chi connectivity index (χ1) is 15.5. The molecule has 166 valence electrons. The molecule has 0 spiro atoms. The Hall–Kier alpha value is -3.03. The van der Waals surface area contributed by atoms with Crippen molar-refractivity contribution in [3.63, 3.8) is 0 Å². The molecule has 0 radical (unpaired) electrons. The molecule has 3 aromatic rings. The van der Waals surface area contributed by atoms with E-state index in [0.717, 1.165) is 42.5 Å². The fourth-order valence-electron chi connectivity index (χ4n) is 4.01. The summed E-state index contributed by atoms with van der Waals surface area (Å²) in [7, 11) is -3.66. The van der Waals surface area contributed by atoms with E-state index in [0.29, 0.717) is 0 Å². The van der Waals surface area contributed by atoms with Gasteiger partial charge in [-0.1, -0.05) is 42.5 Å². The summed E-state index contributed by atoms with van der Waals surface area (Å²) >= 11 is 0. The zero-order valence-electron chi connectivity index (χ0n) is 17.8. The molecular formula is C25H27N3O3S. The summed E-state index contributed by atoms with van der Waals surface area (Å²) in [5.41, 5.74) is 3.98. The highest BCUT2D eigenvalue weighted by molar-refractivity contribution is 7.89. The summed E-state index contributed by atoms with van der Waals surface area (Å²) < 4.78 is 28.0. The van der Waals surface area contributed by atoms with E-state index in [1.165, 1.54) is 5.56 Å². The van der Waals surface area contributed by atoms with Crippen LogP contribution in [0.4, 0.5) is 0 Å². The third-order valence-electron chi connectivity index (χ3n) is 5.70. The van der Waals surface area contributed by atoms with Gasteiger partial charge in [0.05, 0.1) is 16.6 Å². The zero-order chi connectivity index (χ0) is 22.4. The molecule has 7 heteroatoms. The van der Waals surface area contributed by atoms with Crippen LogP contribution >= 0.6 is 0 Å². The van der Waals surface area contributed by atoms with E-state index in [4.69, 9.17) is 0 Å². The summed E-state index contributed by atoms with van der Waals surface area (Å²) in [5.74, 6) is -0.252. The number of nitrogens with one attached hydrogen (secondary N) is 2. The van der Waals surface area contributed by atoms with Crippen molar-refractivity contribution in [2.45, 2.75) is 43.0 Å². The maximum absolute atomic E-state index is 12.7. The van der Waals surface area contributed by atoms with Gasteiger partial charge in [0.2, 0.25) is 15.9 Å². The number of benzene rings is 2. The van der Waals surface area contributed by atoms with Gasteiger partial charge in [-0.05, 0) is 66.6 Å². The Labute approximate surface area is 189 Å². The van der Waals surface area contributed by atoms with Crippen molar-refractivity contribution < 1.29 is 13.2 Å². The number of pyridine rings is 1. The van der Waals surface area contributed by atoms with Crippen molar-refractivity contribution in [1.82, 2.24) is 15.0 Å². The number of aryl methyl sites for hydroxylation is 2. The number of hydrogen-bond donors (Lipinski definition) is 2.